The quantitative estimate of drug-likeness (QED) is 0.636. The SMILES string of the molecule is CSc1cccc(NC(=O)C[C@H](C)S(=O)(=O)c2ccc3c(c2)CCN3C(=O)C2CC2)c1. The fourth-order valence-electron chi connectivity index (χ4n) is 3.85. The minimum absolute atomic E-state index is 0.129. The summed E-state index contributed by atoms with van der Waals surface area (Å²) in [7, 11) is -3.67. The maximum absolute atomic E-state index is 13.1. The number of nitrogens with one attached hydrogen (secondary N) is 1. The van der Waals surface area contributed by atoms with Crippen molar-refractivity contribution in [3.63, 3.8) is 0 Å². The van der Waals surface area contributed by atoms with Crippen LogP contribution in [0.25, 0.3) is 0 Å². The van der Waals surface area contributed by atoms with E-state index in [1.54, 1.807) is 47.9 Å². The Morgan fingerprint density at radius 1 is 1.19 bits per heavy atom. The van der Waals surface area contributed by atoms with Crippen LogP contribution < -0.4 is 10.2 Å². The number of fused-ring (bicyclic) bond motifs is 1. The first-order chi connectivity index (χ1) is 14.8. The van der Waals surface area contributed by atoms with Crippen molar-refractivity contribution in [2.75, 3.05) is 23.0 Å². The lowest BCUT2D eigenvalue weighted by Gasteiger charge is -2.18. The topological polar surface area (TPSA) is 83.6 Å². The first-order valence-electron chi connectivity index (χ1n) is 10.4. The van der Waals surface area contributed by atoms with Crippen LogP contribution >= 0.6 is 11.8 Å². The van der Waals surface area contributed by atoms with Crippen molar-refractivity contribution < 1.29 is 18.0 Å². The summed E-state index contributed by atoms with van der Waals surface area (Å²) in [5, 5.41) is 1.93. The molecule has 0 bridgehead atoms. The van der Waals surface area contributed by atoms with Gasteiger partial charge in [-0.05, 0) is 74.4 Å². The second-order valence-corrected chi connectivity index (χ2v) is 11.4. The Morgan fingerprint density at radius 3 is 2.68 bits per heavy atom. The van der Waals surface area contributed by atoms with Gasteiger partial charge in [0.15, 0.2) is 9.84 Å². The van der Waals surface area contributed by atoms with Crippen molar-refractivity contribution >= 4 is 44.8 Å². The normalized spacial score (nSPS) is 16.6. The highest BCUT2D eigenvalue weighted by Crippen LogP contribution is 2.37. The van der Waals surface area contributed by atoms with Crippen LogP contribution in [0.4, 0.5) is 11.4 Å². The third-order valence-corrected chi connectivity index (χ3v) is 8.69. The summed E-state index contributed by atoms with van der Waals surface area (Å²) >= 11 is 1.57. The van der Waals surface area contributed by atoms with E-state index in [-0.39, 0.29) is 29.0 Å². The molecular formula is C23H26N2O4S2. The van der Waals surface area contributed by atoms with E-state index < -0.39 is 15.1 Å². The highest BCUT2D eigenvalue weighted by Gasteiger charge is 2.37. The van der Waals surface area contributed by atoms with Gasteiger partial charge < -0.3 is 10.2 Å². The Morgan fingerprint density at radius 2 is 1.97 bits per heavy atom. The number of carbonyl (C=O) groups excluding carboxylic acids is 2. The zero-order valence-electron chi connectivity index (χ0n) is 17.6. The summed E-state index contributed by atoms with van der Waals surface area (Å²) in [4.78, 5) is 27.9. The number of amides is 2. The van der Waals surface area contributed by atoms with E-state index in [9.17, 15) is 18.0 Å². The van der Waals surface area contributed by atoms with Crippen LogP contribution in [0.15, 0.2) is 52.3 Å². The molecule has 0 spiro atoms. The summed E-state index contributed by atoms with van der Waals surface area (Å²) in [5.74, 6) is -0.0638. The Kier molecular flexibility index (Phi) is 6.12. The van der Waals surface area contributed by atoms with Gasteiger partial charge in [-0.2, -0.15) is 0 Å². The lowest BCUT2D eigenvalue weighted by Crippen LogP contribution is -2.30. The minimum Gasteiger partial charge on any atom is -0.326 e. The molecule has 2 aliphatic rings. The van der Waals surface area contributed by atoms with Gasteiger partial charge in [0.05, 0.1) is 10.1 Å². The maximum atomic E-state index is 13.1. The second kappa shape index (κ2) is 8.67. The van der Waals surface area contributed by atoms with E-state index in [1.165, 1.54) is 0 Å². The Hall–Kier alpha value is -2.32. The second-order valence-electron chi connectivity index (χ2n) is 8.14. The molecule has 2 aromatic carbocycles. The van der Waals surface area contributed by atoms with Crippen LogP contribution in [0.5, 0.6) is 0 Å². The monoisotopic (exact) mass is 458 g/mol. The molecule has 1 atom stereocenters. The van der Waals surface area contributed by atoms with Gasteiger partial charge in [0.25, 0.3) is 0 Å². The van der Waals surface area contributed by atoms with Crippen molar-refractivity contribution in [3.8, 4) is 0 Å². The van der Waals surface area contributed by atoms with Gasteiger partial charge in [-0.3, -0.25) is 9.59 Å². The van der Waals surface area contributed by atoms with E-state index in [0.717, 1.165) is 29.0 Å². The van der Waals surface area contributed by atoms with Gasteiger partial charge >= 0.3 is 0 Å². The van der Waals surface area contributed by atoms with Gasteiger partial charge in [0, 0.05) is 35.2 Å². The fraction of sp³-hybridized carbons (Fsp3) is 0.391. The molecule has 0 aromatic heterocycles. The Bertz CT molecular complexity index is 1130. The molecule has 164 valence electrons. The average molecular weight is 459 g/mol. The zero-order chi connectivity index (χ0) is 22.2. The van der Waals surface area contributed by atoms with Crippen molar-refractivity contribution in [3.05, 3.63) is 48.0 Å². The van der Waals surface area contributed by atoms with Crippen molar-refractivity contribution in [2.24, 2.45) is 5.92 Å². The zero-order valence-corrected chi connectivity index (χ0v) is 19.3. The highest BCUT2D eigenvalue weighted by atomic mass is 32.2. The predicted octanol–water partition coefficient (Wildman–Crippen LogP) is 3.90. The molecule has 0 radical (unpaired) electrons. The molecule has 31 heavy (non-hydrogen) atoms. The number of hydrogen-bond acceptors (Lipinski definition) is 5. The third kappa shape index (κ3) is 4.65. The summed E-state index contributed by atoms with van der Waals surface area (Å²) in [5.41, 5.74) is 2.34. The van der Waals surface area contributed by atoms with Crippen LogP contribution in [0.3, 0.4) is 0 Å². The van der Waals surface area contributed by atoms with Crippen LogP contribution in [0.1, 0.15) is 31.7 Å². The van der Waals surface area contributed by atoms with Gasteiger partial charge in [-0.1, -0.05) is 6.07 Å². The number of sulfone groups is 1. The lowest BCUT2D eigenvalue weighted by atomic mass is 10.2. The molecule has 4 rings (SSSR count). The molecular weight excluding hydrogens is 432 g/mol. The predicted molar refractivity (Wildman–Crippen MR) is 123 cm³/mol. The number of benzene rings is 2. The van der Waals surface area contributed by atoms with Crippen molar-refractivity contribution in [2.45, 2.75) is 47.6 Å². The van der Waals surface area contributed by atoms with Crippen molar-refractivity contribution in [1.29, 1.82) is 0 Å². The first kappa shape index (κ1) is 21.9. The number of thioether (sulfide) groups is 1. The highest BCUT2D eigenvalue weighted by molar-refractivity contribution is 7.98. The van der Waals surface area contributed by atoms with E-state index in [1.807, 2.05) is 24.5 Å². The summed E-state index contributed by atoms with van der Waals surface area (Å²) in [6, 6.07) is 12.4. The van der Waals surface area contributed by atoms with Crippen LogP contribution in [0, 0.1) is 5.92 Å². The molecule has 0 unspecified atom stereocenters. The molecule has 1 aliphatic carbocycles. The van der Waals surface area contributed by atoms with Crippen LogP contribution in [0.2, 0.25) is 0 Å². The molecule has 2 aromatic rings. The Balaban J connectivity index is 1.45. The Labute approximate surface area is 187 Å². The van der Waals surface area contributed by atoms with E-state index in [0.29, 0.717) is 18.7 Å². The van der Waals surface area contributed by atoms with E-state index >= 15 is 0 Å². The molecule has 0 saturated heterocycles. The van der Waals surface area contributed by atoms with Gasteiger partial charge in [0.2, 0.25) is 11.8 Å². The van der Waals surface area contributed by atoms with Gasteiger partial charge in [0.1, 0.15) is 0 Å². The maximum Gasteiger partial charge on any atom is 0.230 e. The molecule has 1 N–H and O–H groups in total. The molecule has 8 heteroatoms. The summed E-state index contributed by atoms with van der Waals surface area (Å²) < 4.78 is 26.2. The number of rotatable bonds is 7. The fourth-order valence-corrected chi connectivity index (χ4v) is 5.71. The van der Waals surface area contributed by atoms with Gasteiger partial charge in [-0.15, -0.1) is 11.8 Å². The smallest absolute Gasteiger partial charge is 0.230 e. The molecule has 2 amide bonds. The molecule has 1 aliphatic heterocycles. The molecule has 1 saturated carbocycles. The lowest BCUT2D eigenvalue weighted by molar-refractivity contribution is -0.119. The summed E-state index contributed by atoms with van der Waals surface area (Å²) in [6.07, 6.45) is 4.36. The van der Waals surface area contributed by atoms with Crippen LogP contribution in [-0.2, 0) is 25.8 Å². The molecule has 6 nitrogen and oxygen atoms in total. The molecule has 1 heterocycles. The third-order valence-electron chi connectivity index (χ3n) is 5.82. The van der Waals surface area contributed by atoms with Crippen molar-refractivity contribution in [1.82, 2.24) is 0 Å². The first-order valence-corrected chi connectivity index (χ1v) is 13.2. The molecule has 1 fully saturated rings. The van der Waals surface area contributed by atoms with Gasteiger partial charge in [-0.25, -0.2) is 8.42 Å². The minimum atomic E-state index is -3.67. The largest absolute Gasteiger partial charge is 0.326 e. The standard InChI is InChI=1S/C23H26N2O4S2/c1-15(12-22(26)24-18-4-3-5-19(14-18)30-2)31(28,29)20-8-9-21-17(13-20)10-11-25(21)23(27)16-6-7-16/h3-5,8-9,13-16H,6-7,10-12H2,1-2H3,(H,24,26)/t15-/m0/s1. The van der Waals surface area contributed by atoms with E-state index in [2.05, 4.69) is 5.32 Å². The van der Waals surface area contributed by atoms with E-state index in [4.69, 9.17) is 0 Å². The average Bonchev–Trinajstić information content (AvgIpc) is 3.52. The van der Waals surface area contributed by atoms with Crippen LogP contribution in [-0.4, -0.2) is 38.3 Å². The number of nitrogens with zero attached hydrogens (tertiary/aromatic N) is 1. The number of anilines is 2. The summed E-state index contributed by atoms with van der Waals surface area (Å²) in [6.45, 7) is 2.16. The number of hydrogen-bond donors (Lipinski definition) is 1. The number of carbonyl (C=O) groups is 2.